The fourth-order valence-electron chi connectivity index (χ4n) is 3.91. The Hall–Kier alpha value is -1.81. The highest BCUT2D eigenvalue weighted by Crippen LogP contribution is 2.32. The van der Waals surface area contributed by atoms with Gasteiger partial charge in [-0.15, -0.1) is 0 Å². The van der Waals surface area contributed by atoms with E-state index >= 15 is 0 Å². The van der Waals surface area contributed by atoms with Crippen LogP contribution >= 0.6 is 11.6 Å². The number of nitrogens with two attached hydrogens (primary N) is 1. The molecule has 1 saturated heterocycles. The second kappa shape index (κ2) is 11.0. The number of carbonyl (C=O) groups is 1. The highest BCUT2D eigenvalue weighted by atomic mass is 35.5. The van der Waals surface area contributed by atoms with Gasteiger partial charge in [0.25, 0.3) is 0 Å². The van der Waals surface area contributed by atoms with Crippen molar-refractivity contribution in [3.63, 3.8) is 0 Å². The van der Waals surface area contributed by atoms with Crippen molar-refractivity contribution in [2.24, 2.45) is 16.6 Å². The number of hydrogen-bond donors (Lipinski definition) is 5. The molecule has 0 bridgehead atoms. The molecule has 0 amide bonds. The molecular weight excluding hydrogens is 407 g/mol. The predicted molar refractivity (Wildman–Crippen MR) is 121 cm³/mol. The second-order valence-electron chi connectivity index (χ2n) is 7.97. The molecular formula is C20H32BClN4O4. The Balaban J connectivity index is 1.96. The van der Waals surface area contributed by atoms with Gasteiger partial charge in [-0.25, -0.2) is 0 Å². The Bertz CT molecular complexity index is 756. The summed E-state index contributed by atoms with van der Waals surface area (Å²) in [5.74, 6) is -0.442. The molecule has 0 radical (unpaired) electrons. The van der Waals surface area contributed by atoms with E-state index in [1.54, 1.807) is 7.05 Å². The van der Waals surface area contributed by atoms with E-state index in [2.05, 4.69) is 15.2 Å². The number of nitrogens with one attached hydrogen (secondary N) is 1. The van der Waals surface area contributed by atoms with Crippen molar-refractivity contribution < 1.29 is 19.9 Å². The number of unbranched alkanes of at least 4 members (excludes halogenated alkanes) is 1. The molecule has 1 aliphatic rings. The number of guanidine groups is 1. The molecule has 0 aromatic heterocycles. The minimum Gasteiger partial charge on any atom is -0.480 e. The number of likely N-dealkylation sites (tertiary alicyclic amines) is 1. The molecule has 166 valence electrons. The highest BCUT2D eigenvalue weighted by Gasteiger charge is 2.43. The van der Waals surface area contributed by atoms with Gasteiger partial charge in [-0.05, 0) is 56.1 Å². The summed E-state index contributed by atoms with van der Waals surface area (Å²) in [5, 5.41) is 31.7. The standard InChI is InChI=1S/C20H32BClN4O4/c1-14-5-6-16(13-17(14)22)25-19(24-2)26-11-7-15(8-12-26)20(23,18(27)28)9-3-4-10-21(29)30/h5-6,13,15,29-30H,3-4,7-12,23H2,1-2H3,(H,24,25)(H,27,28). The van der Waals surface area contributed by atoms with Crippen LogP contribution < -0.4 is 11.1 Å². The van der Waals surface area contributed by atoms with Crippen molar-refractivity contribution in [3.8, 4) is 0 Å². The summed E-state index contributed by atoms with van der Waals surface area (Å²) in [6.07, 6.45) is 2.88. The van der Waals surface area contributed by atoms with E-state index in [-0.39, 0.29) is 12.2 Å². The minimum atomic E-state index is -1.37. The molecule has 30 heavy (non-hydrogen) atoms. The number of halogens is 1. The summed E-state index contributed by atoms with van der Waals surface area (Å²) in [7, 11) is 0.345. The number of benzene rings is 1. The lowest BCUT2D eigenvalue weighted by Crippen LogP contribution is -2.57. The van der Waals surface area contributed by atoms with Gasteiger partial charge in [0.15, 0.2) is 5.96 Å². The Morgan fingerprint density at radius 3 is 2.57 bits per heavy atom. The van der Waals surface area contributed by atoms with Gasteiger partial charge in [-0.3, -0.25) is 9.79 Å². The van der Waals surface area contributed by atoms with Crippen LogP contribution in [0.2, 0.25) is 11.3 Å². The lowest BCUT2D eigenvalue weighted by Gasteiger charge is -2.41. The normalized spacial score (nSPS) is 17.5. The first-order valence-corrected chi connectivity index (χ1v) is 10.7. The van der Waals surface area contributed by atoms with Crippen LogP contribution in [-0.2, 0) is 4.79 Å². The van der Waals surface area contributed by atoms with E-state index in [1.165, 1.54) is 0 Å². The van der Waals surface area contributed by atoms with Crippen LogP contribution in [0.15, 0.2) is 23.2 Å². The average molecular weight is 439 g/mol. The number of nitrogens with zero attached hydrogens (tertiary/aromatic N) is 2. The first-order chi connectivity index (χ1) is 14.2. The monoisotopic (exact) mass is 438 g/mol. The zero-order valence-corrected chi connectivity index (χ0v) is 18.4. The van der Waals surface area contributed by atoms with Gasteiger partial charge in [0.05, 0.1) is 0 Å². The maximum Gasteiger partial charge on any atom is 0.451 e. The third kappa shape index (κ3) is 6.34. The van der Waals surface area contributed by atoms with E-state index < -0.39 is 18.6 Å². The number of anilines is 1. The summed E-state index contributed by atoms with van der Waals surface area (Å²) in [6, 6.07) is 5.74. The fraction of sp³-hybridized carbons (Fsp3) is 0.600. The minimum absolute atomic E-state index is 0.155. The largest absolute Gasteiger partial charge is 0.480 e. The molecule has 8 nitrogen and oxygen atoms in total. The quantitative estimate of drug-likeness (QED) is 0.182. The Labute approximate surface area is 183 Å². The van der Waals surface area contributed by atoms with E-state index in [4.69, 9.17) is 27.4 Å². The zero-order chi connectivity index (χ0) is 22.3. The zero-order valence-electron chi connectivity index (χ0n) is 17.6. The number of hydrogen-bond acceptors (Lipinski definition) is 5. The molecule has 1 aliphatic heterocycles. The molecule has 0 saturated carbocycles. The van der Waals surface area contributed by atoms with Gasteiger partial charge in [0, 0.05) is 30.8 Å². The average Bonchev–Trinajstić information content (AvgIpc) is 2.71. The van der Waals surface area contributed by atoms with Crippen molar-refractivity contribution in [3.05, 3.63) is 28.8 Å². The smallest absolute Gasteiger partial charge is 0.451 e. The topological polar surface area (TPSA) is 131 Å². The number of rotatable bonds is 8. The summed E-state index contributed by atoms with van der Waals surface area (Å²) >= 11 is 6.20. The maximum absolute atomic E-state index is 11.9. The number of carboxylic acid groups (broad SMARTS) is 1. The first kappa shape index (κ1) is 24.5. The number of carboxylic acids is 1. The van der Waals surface area contributed by atoms with E-state index in [1.807, 2.05) is 25.1 Å². The van der Waals surface area contributed by atoms with Crippen molar-refractivity contribution in [1.82, 2.24) is 4.90 Å². The van der Waals surface area contributed by atoms with Gasteiger partial charge in [-0.2, -0.15) is 0 Å². The van der Waals surface area contributed by atoms with Crippen molar-refractivity contribution in [2.75, 3.05) is 25.5 Å². The molecule has 2 rings (SSSR count). The van der Waals surface area contributed by atoms with Crippen LogP contribution in [0.1, 0.15) is 37.7 Å². The molecule has 1 atom stereocenters. The van der Waals surface area contributed by atoms with Crippen LogP contribution in [0.25, 0.3) is 0 Å². The summed E-state index contributed by atoms with van der Waals surface area (Å²) in [5.41, 5.74) is 6.87. The molecule has 1 heterocycles. The van der Waals surface area contributed by atoms with E-state index in [9.17, 15) is 9.90 Å². The molecule has 0 aliphatic carbocycles. The van der Waals surface area contributed by atoms with Crippen molar-refractivity contribution in [1.29, 1.82) is 0 Å². The molecule has 10 heteroatoms. The predicted octanol–water partition coefficient (Wildman–Crippen LogP) is 2.18. The Morgan fingerprint density at radius 1 is 1.37 bits per heavy atom. The Morgan fingerprint density at radius 2 is 2.03 bits per heavy atom. The first-order valence-electron chi connectivity index (χ1n) is 10.3. The number of piperidine rings is 1. The molecule has 0 spiro atoms. The third-order valence-corrected chi connectivity index (χ3v) is 6.27. The summed E-state index contributed by atoms with van der Waals surface area (Å²) in [4.78, 5) is 18.4. The third-order valence-electron chi connectivity index (χ3n) is 5.86. The fourth-order valence-corrected chi connectivity index (χ4v) is 4.09. The van der Waals surface area contributed by atoms with E-state index in [0.717, 1.165) is 11.3 Å². The van der Waals surface area contributed by atoms with Crippen molar-refractivity contribution >= 4 is 36.3 Å². The molecule has 1 unspecified atom stereocenters. The van der Waals surface area contributed by atoms with Gasteiger partial charge in [0.1, 0.15) is 5.54 Å². The number of aliphatic carboxylic acids is 1. The van der Waals surface area contributed by atoms with Crippen LogP contribution in [0.4, 0.5) is 5.69 Å². The number of aliphatic imine (C=N–C) groups is 1. The molecule has 1 fully saturated rings. The van der Waals surface area contributed by atoms with Gasteiger partial charge < -0.3 is 31.1 Å². The van der Waals surface area contributed by atoms with Crippen LogP contribution in [0.3, 0.4) is 0 Å². The summed E-state index contributed by atoms with van der Waals surface area (Å²) < 4.78 is 0. The highest BCUT2D eigenvalue weighted by molar-refractivity contribution is 6.40. The van der Waals surface area contributed by atoms with Crippen LogP contribution in [0.5, 0.6) is 0 Å². The van der Waals surface area contributed by atoms with Crippen LogP contribution in [0, 0.1) is 12.8 Å². The molecule has 1 aromatic carbocycles. The van der Waals surface area contributed by atoms with Gasteiger partial charge in [-0.1, -0.05) is 30.5 Å². The van der Waals surface area contributed by atoms with Gasteiger partial charge in [0.2, 0.25) is 0 Å². The Kier molecular flexibility index (Phi) is 8.97. The van der Waals surface area contributed by atoms with E-state index in [0.29, 0.717) is 56.2 Å². The second-order valence-corrected chi connectivity index (χ2v) is 8.38. The molecule has 1 aromatic rings. The number of aryl methyl sites for hydroxylation is 1. The lowest BCUT2D eigenvalue weighted by atomic mass is 9.74. The SMILES string of the molecule is CN=C(Nc1ccc(C)c(Cl)c1)N1CCC(C(N)(CCCCB(O)O)C(=O)O)CC1. The van der Waals surface area contributed by atoms with Gasteiger partial charge >= 0.3 is 13.1 Å². The molecule has 6 N–H and O–H groups in total. The maximum atomic E-state index is 11.9. The summed E-state index contributed by atoms with van der Waals surface area (Å²) in [6.45, 7) is 3.23. The lowest BCUT2D eigenvalue weighted by molar-refractivity contribution is -0.146. The van der Waals surface area contributed by atoms with Crippen molar-refractivity contribution in [2.45, 2.75) is 50.9 Å². The van der Waals surface area contributed by atoms with Crippen LogP contribution in [-0.4, -0.2) is 64.8 Å².